The Balaban J connectivity index is 2.43. The van der Waals surface area contributed by atoms with E-state index in [1.165, 1.54) is 57.9 Å². The van der Waals surface area contributed by atoms with Crippen molar-refractivity contribution in [2.75, 3.05) is 6.54 Å². The molecule has 0 saturated heterocycles. The highest BCUT2D eigenvalue weighted by molar-refractivity contribution is 4.80. The van der Waals surface area contributed by atoms with E-state index in [1.807, 2.05) is 0 Å². The maximum Gasteiger partial charge on any atom is 0.00953 e. The number of nitrogens with one attached hydrogen (secondary N) is 1. The van der Waals surface area contributed by atoms with Crippen molar-refractivity contribution in [3.8, 4) is 0 Å². The summed E-state index contributed by atoms with van der Waals surface area (Å²) in [5, 5.41) is 3.80. The standard InChI is InChI=1S/C16H33N/c1-5-13-17-15-10-8-6-7-9-14(15)11-12-16(2,3)4/h14-15,17H,5-13H2,1-4H3. The van der Waals surface area contributed by atoms with Crippen LogP contribution in [0.25, 0.3) is 0 Å². The normalized spacial score (nSPS) is 26.8. The first kappa shape index (κ1) is 15.0. The van der Waals surface area contributed by atoms with Gasteiger partial charge in [-0.2, -0.15) is 0 Å². The summed E-state index contributed by atoms with van der Waals surface area (Å²) in [7, 11) is 0. The quantitative estimate of drug-likeness (QED) is 0.682. The highest BCUT2D eigenvalue weighted by atomic mass is 14.9. The van der Waals surface area contributed by atoms with Crippen molar-refractivity contribution in [1.82, 2.24) is 5.32 Å². The van der Waals surface area contributed by atoms with Gasteiger partial charge in [0.2, 0.25) is 0 Å². The molecule has 0 heterocycles. The second-order valence-corrected chi connectivity index (χ2v) is 7.06. The number of hydrogen-bond donors (Lipinski definition) is 1. The van der Waals surface area contributed by atoms with Crippen LogP contribution in [0.15, 0.2) is 0 Å². The summed E-state index contributed by atoms with van der Waals surface area (Å²) in [5.74, 6) is 0.934. The van der Waals surface area contributed by atoms with Crippen LogP contribution in [-0.4, -0.2) is 12.6 Å². The summed E-state index contributed by atoms with van der Waals surface area (Å²) < 4.78 is 0. The van der Waals surface area contributed by atoms with Crippen LogP contribution in [0, 0.1) is 11.3 Å². The van der Waals surface area contributed by atoms with E-state index in [9.17, 15) is 0 Å². The third kappa shape index (κ3) is 6.45. The van der Waals surface area contributed by atoms with Crippen molar-refractivity contribution in [3.63, 3.8) is 0 Å². The third-order valence-electron chi connectivity index (χ3n) is 4.08. The first-order valence-corrected chi connectivity index (χ1v) is 7.76. The zero-order chi connectivity index (χ0) is 12.7. The molecule has 1 aliphatic rings. The molecule has 1 rings (SSSR count). The molecule has 1 aliphatic carbocycles. The summed E-state index contributed by atoms with van der Waals surface area (Å²) in [6, 6.07) is 0.805. The van der Waals surface area contributed by atoms with Gasteiger partial charge >= 0.3 is 0 Å². The number of hydrogen-bond acceptors (Lipinski definition) is 1. The van der Waals surface area contributed by atoms with E-state index < -0.39 is 0 Å². The van der Waals surface area contributed by atoms with Crippen LogP contribution in [0.3, 0.4) is 0 Å². The van der Waals surface area contributed by atoms with Gasteiger partial charge in [-0.15, -0.1) is 0 Å². The van der Waals surface area contributed by atoms with Gasteiger partial charge in [0.25, 0.3) is 0 Å². The predicted octanol–water partition coefficient (Wildman–Crippen LogP) is 4.76. The first-order valence-electron chi connectivity index (χ1n) is 7.76. The molecular weight excluding hydrogens is 206 g/mol. The molecule has 2 atom stereocenters. The lowest BCUT2D eigenvalue weighted by molar-refractivity contribution is 0.262. The van der Waals surface area contributed by atoms with E-state index in [-0.39, 0.29) is 0 Å². The second-order valence-electron chi connectivity index (χ2n) is 7.06. The van der Waals surface area contributed by atoms with Crippen molar-refractivity contribution in [2.24, 2.45) is 11.3 Å². The number of rotatable bonds is 5. The Morgan fingerprint density at radius 2 is 1.76 bits per heavy atom. The van der Waals surface area contributed by atoms with Crippen LogP contribution in [0.2, 0.25) is 0 Å². The topological polar surface area (TPSA) is 12.0 Å². The molecule has 0 bridgehead atoms. The monoisotopic (exact) mass is 239 g/mol. The highest BCUT2D eigenvalue weighted by Gasteiger charge is 2.24. The minimum Gasteiger partial charge on any atom is -0.314 e. The zero-order valence-corrected chi connectivity index (χ0v) is 12.5. The second kappa shape index (κ2) is 7.41. The predicted molar refractivity (Wildman–Crippen MR) is 77.3 cm³/mol. The lowest BCUT2D eigenvalue weighted by Crippen LogP contribution is -2.36. The molecular formula is C16H33N. The lowest BCUT2D eigenvalue weighted by atomic mass is 9.82. The van der Waals surface area contributed by atoms with Crippen molar-refractivity contribution in [3.05, 3.63) is 0 Å². The molecule has 0 amide bonds. The van der Waals surface area contributed by atoms with Gasteiger partial charge in [-0.05, 0) is 50.0 Å². The molecule has 1 nitrogen and oxygen atoms in total. The molecule has 0 spiro atoms. The molecule has 2 unspecified atom stereocenters. The minimum atomic E-state index is 0.502. The van der Waals surface area contributed by atoms with E-state index in [4.69, 9.17) is 0 Å². The summed E-state index contributed by atoms with van der Waals surface area (Å²) in [6.07, 6.45) is 11.3. The Morgan fingerprint density at radius 3 is 2.41 bits per heavy atom. The van der Waals surface area contributed by atoms with Gasteiger partial charge in [0, 0.05) is 6.04 Å². The fourth-order valence-corrected chi connectivity index (χ4v) is 2.95. The van der Waals surface area contributed by atoms with Gasteiger partial charge in [-0.3, -0.25) is 0 Å². The van der Waals surface area contributed by atoms with Crippen LogP contribution in [-0.2, 0) is 0 Å². The Kier molecular flexibility index (Phi) is 6.54. The first-order chi connectivity index (χ1) is 8.03. The third-order valence-corrected chi connectivity index (χ3v) is 4.08. The van der Waals surface area contributed by atoms with Crippen LogP contribution < -0.4 is 5.32 Å². The largest absolute Gasteiger partial charge is 0.314 e. The molecule has 1 fully saturated rings. The average Bonchev–Trinajstić information content (AvgIpc) is 2.47. The highest BCUT2D eigenvalue weighted by Crippen LogP contribution is 2.31. The summed E-state index contributed by atoms with van der Waals surface area (Å²) in [6.45, 7) is 10.6. The smallest absolute Gasteiger partial charge is 0.00953 e. The summed E-state index contributed by atoms with van der Waals surface area (Å²) in [4.78, 5) is 0. The van der Waals surface area contributed by atoms with Crippen molar-refractivity contribution < 1.29 is 0 Å². The van der Waals surface area contributed by atoms with E-state index >= 15 is 0 Å². The summed E-state index contributed by atoms with van der Waals surface area (Å²) >= 11 is 0. The van der Waals surface area contributed by atoms with E-state index in [1.54, 1.807) is 0 Å². The SMILES string of the molecule is CCCNC1CCCCCC1CCC(C)(C)C. The Bertz CT molecular complexity index is 192. The molecule has 1 heteroatoms. The lowest BCUT2D eigenvalue weighted by Gasteiger charge is -2.29. The zero-order valence-electron chi connectivity index (χ0n) is 12.5. The fourth-order valence-electron chi connectivity index (χ4n) is 2.95. The Labute approximate surface area is 109 Å². The van der Waals surface area contributed by atoms with E-state index in [0.717, 1.165) is 12.0 Å². The van der Waals surface area contributed by atoms with Crippen LogP contribution in [0.5, 0.6) is 0 Å². The van der Waals surface area contributed by atoms with Crippen LogP contribution in [0.1, 0.15) is 79.1 Å². The van der Waals surface area contributed by atoms with E-state index in [0.29, 0.717) is 5.41 Å². The molecule has 17 heavy (non-hydrogen) atoms. The molecule has 0 aromatic rings. The van der Waals surface area contributed by atoms with Crippen molar-refractivity contribution >= 4 is 0 Å². The molecule has 0 aromatic carbocycles. The maximum absolute atomic E-state index is 3.80. The maximum atomic E-state index is 3.80. The Hall–Kier alpha value is -0.0400. The molecule has 0 radical (unpaired) electrons. The molecule has 0 aromatic heterocycles. The molecule has 1 N–H and O–H groups in total. The Morgan fingerprint density at radius 1 is 1.06 bits per heavy atom. The molecule has 102 valence electrons. The van der Waals surface area contributed by atoms with Gasteiger partial charge in [-0.25, -0.2) is 0 Å². The van der Waals surface area contributed by atoms with Gasteiger partial charge in [0.15, 0.2) is 0 Å². The summed E-state index contributed by atoms with van der Waals surface area (Å²) in [5.41, 5.74) is 0.502. The van der Waals surface area contributed by atoms with Crippen molar-refractivity contribution in [1.29, 1.82) is 0 Å². The molecule has 1 saturated carbocycles. The fraction of sp³-hybridized carbons (Fsp3) is 1.00. The van der Waals surface area contributed by atoms with Gasteiger partial charge in [0.05, 0.1) is 0 Å². The average molecular weight is 239 g/mol. The van der Waals surface area contributed by atoms with Gasteiger partial charge in [0.1, 0.15) is 0 Å². The molecule has 0 aliphatic heterocycles. The van der Waals surface area contributed by atoms with E-state index in [2.05, 4.69) is 33.0 Å². The minimum absolute atomic E-state index is 0.502. The van der Waals surface area contributed by atoms with Gasteiger partial charge in [-0.1, -0.05) is 47.0 Å². The van der Waals surface area contributed by atoms with Crippen molar-refractivity contribution in [2.45, 2.75) is 85.1 Å². The van der Waals surface area contributed by atoms with Gasteiger partial charge < -0.3 is 5.32 Å². The van der Waals surface area contributed by atoms with Crippen LogP contribution in [0.4, 0.5) is 0 Å². The van der Waals surface area contributed by atoms with Crippen LogP contribution >= 0.6 is 0 Å².